The van der Waals surface area contributed by atoms with Crippen LogP contribution in [0.2, 0.25) is 0 Å². The molecule has 0 atom stereocenters. The van der Waals surface area contributed by atoms with Crippen molar-refractivity contribution < 1.29 is 4.79 Å². The maximum absolute atomic E-state index is 12.0. The van der Waals surface area contributed by atoms with Crippen LogP contribution in [0.25, 0.3) is 21.7 Å². The third-order valence-corrected chi connectivity index (χ3v) is 3.91. The molecule has 0 spiro atoms. The van der Waals surface area contributed by atoms with Crippen LogP contribution in [0.4, 0.5) is 0 Å². The van der Waals surface area contributed by atoms with Gasteiger partial charge in [-0.3, -0.25) is 9.78 Å². The monoisotopic (exact) mass is 247 g/mol. The average Bonchev–Trinajstić information content (AvgIpc) is 2.46. The molecule has 0 radical (unpaired) electrons. The maximum Gasteiger partial charge on any atom is 0.164 e. The predicted molar refractivity (Wildman–Crippen MR) is 76.5 cm³/mol. The minimum absolute atomic E-state index is 0.240. The molecule has 0 unspecified atom stereocenters. The number of ketones is 1. The highest BCUT2D eigenvalue weighted by atomic mass is 16.1. The Hall–Kier alpha value is -2.22. The second-order valence-corrected chi connectivity index (χ2v) is 5.12. The molecule has 0 amide bonds. The summed E-state index contributed by atoms with van der Waals surface area (Å²) in [6.45, 7) is 0. The Kier molecular flexibility index (Phi) is 2.18. The van der Waals surface area contributed by atoms with E-state index in [1.165, 1.54) is 10.8 Å². The molecule has 2 heteroatoms. The van der Waals surface area contributed by atoms with Gasteiger partial charge in [-0.05, 0) is 24.3 Å². The molecule has 3 aromatic rings. The van der Waals surface area contributed by atoms with E-state index in [0.29, 0.717) is 6.42 Å². The highest BCUT2D eigenvalue weighted by Crippen LogP contribution is 2.28. The Bertz CT molecular complexity index is 820. The molecule has 1 heterocycles. The topological polar surface area (TPSA) is 30.0 Å². The number of nitrogens with zero attached hydrogens (tertiary/aromatic N) is 1. The zero-order chi connectivity index (χ0) is 12.8. The SMILES string of the molecule is O=C1CCCc2nc3c(ccc4ccccc43)cc21. The molecule has 2 aromatic carbocycles. The van der Waals surface area contributed by atoms with Crippen molar-refractivity contribution in [2.24, 2.45) is 0 Å². The van der Waals surface area contributed by atoms with E-state index in [1.807, 2.05) is 18.2 Å². The van der Waals surface area contributed by atoms with E-state index in [1.54, 1.807) is 0 Å². The van der Waals surface area contributed by atoms with Gasteiger partial charge in [0.2, 0.25) is 0 Å². The molecule has 1 aliphatic carbocycles. The minimum Gasteiger partial charge on any atom is -0.294 e. The Morgan fingerprint density at radius 3 is 2.74 bits per heavy atom. The summed E-state index contributed by atoms with van der Waals surface area (Å²) in [6.07, 6.45) is 2.50. The molecule has 0 N–H and O–H groups in total. The molecule has 4 rings (SSSR count). The van der Waals surface area contributed by atoms with Gasteiger partial charge in [0.25, 0.3) is 0 Å². The lowest BCUT2D eigenvalue weighted by atomic mass is 9.93. The lowest BCUT2D eigenvalue weighted by molar-refractivity contribution is 0.0972. The smallest absolute Gasteiger partial charge is 0.164 e. The number of rotatable bonds is 0. The Labute approximate surface area is 111 Å². The first-order valence-electron chi connectivity index (χ1n) is 6.67. The molecular formula is C17H13NO. The molecular weight excluding hydrogens is 234 g/mol. The van der Waals surface area contributed by atoms with Crippen LogP contribution < -0.4 is 0 Å². The van der Waals surface area contributed by atoms with Crippen LogP contribution in [0, 0.1) is 0 Å². The minimum atomic E-state index is 0.240. The van der Waals surface area contributed by atoms with Gasteiger partial charge >= 0.3 is 0 Å². The fraction of sp³-hybridized carbons (Fsp3) is 0.176. The van der Waals surface area contributed by atoms with E-state index < -0.39 is 0 Å². The Balaban J connectivity index is 2.13. The second kappa shape index (κ2) is 3.89. The Morgan fingerprint density at radius 2 is 1.79 bits per heavy atom. The van der Waals surface area contributed by atoms with Crippen LogP contribution in [0.15, 0.2) is 42.5 Å². The van der Waals surface area contributed by atoms with Gasteiger partial charge in [0.1, 0.15) is 0 Å². The molecule has 0 bridgehead atoms. The summed E-state index contributed by atoms with van der Waals surface area (Å²) in [4.78, 5) is 16.7. The van der Waals surface area contributed by atoms with E-state index in [9.17, 15) is 4.79 Å². The van der Waals surface area contributed by atoms with Crippen LogP contribution in [0.3, 0.4) is 0 Å². The van der Waals surface area contributed by atoms with Crippen molar-refractivity contribution in [1.29, 1.82) is 0 Å². The van der Waals surface area contributed by atoms with Gasteiger partial charge in [0, 0.05) is 22.8 Å². The van der Waals surface area contributed by atoms with Gasteiger partial charge in [0.05, 0.1) is 11.2 Å². The normalized spacial score (nSPS) is 14.8. The largest absolute Gasteiger partial charge is 0.294 e. The van der Waals surface area contributed by atoms with Gasteiger partial charge < -0.3 is 0 Å². The molecule has 0 aliphatic heterocycles. The van der Waals surface area contributed by atoms with Crippen LogP contribution in [0.5, 0.6) is 0 Å². The van der Waals surface area contributed by atoms with Crippen molar-refractivity contribution in [3.63, 3.8) is 0 Å². The summed E-state index contributed by atoms with van der Waals surface area (Å²) in [7, 11) is 0. The van der Waals surface area contributed by atoms with E-state index in [-0.39, 0.29) is 5.78 Å². The molecule has 0 saturated heterocycles. The lowest BCUT2D eigenvalue weighted by Gasteiger charge is -2.15. The number of pyridine rings is 1. The number of hydrogen-bond donors (Lipinski definition) is 0. The van der Waals surface area contributed by atoms with E-state index in [0.717, 1.165) is 35.0 Å². The number of carbonyl (C=O) groups is 1. The first kappa shape index (κ1) is 10.7. The third kappa shape index (κ3) is 1.56. The first-order chi connectivity index (χ1) is 9.33. The van der Waals surface area contributed by atoms with Crippen LogP contribution in [-0.4, -0.2) is 10.8 Å². The summed E-state index contributed by atoms with van der Waals surface area (Å²) in [5, 5.41) is 3.43. The summed E-state index contributed by atoms with van der Waals surface area (Å²) < 4.78 is 0. The van der Waals surface area contributed by atoms with Crippen molar-refractivity contribution in [2.45, 2.75) is 19.3 Å². The highest BCUT2D eigenvalue weighted by Gasteiger charge is 2.19. The standard InChI is InChI=1S/C17H13NO/c19-16-7-3-6-15-14(16)10-12-9-8-11-4-1-2-5-13(11)17(12)18-15/h1-2,4-5,8-10H,3,6-7H2. The van der Waals surface area contributed by atoms with Crippen molar-refractivity contribution in [1.82, 2.24) is 4.98 Å². The molecule has 0 fully saturated rings. The third-order valence-electron chi connectivity index (χ3n) is 3.91. The second-order valence-electron chi connectivity index (χ2n) is 5.12. The van der Waals surface area contributed by atoms with Gasteiger partial charge in [-0.15, -0.1) is 0 Å². The predicted octanol–water partition coefficient (Wildman–Crippen LogP) is 3.91. The molecule has 1 aromatic heterocycles. The van der Waals surface area contributed by atoms with Crippen molar-refractivity contribution in [2.75, 3.05) is 0 Å². The fourth-order valence-electron chi connectivity index (χ4n) is 2.93. The van der Waals surface area contributed by atoms with E-state index >= 15 is 0 Å². The molecule has 19 heavy (non-hydrogen) atoms. The number of aromatic nitrogens is 1. The number of benzene rings is 2. The maximum atomic E-state index is 12.0. The summed E-state index contributed by atoms with van der Waals surface area (Å²) in [5.74, 6) is 0.240. The van der Waals surface area contributed by atoms with Gasteiger partial charge in [0.15, 0.2) is 5.78 Å². The number of aryl methyl sites for hydroxylation is 1. The Morgan fingerprint density at radius 1 is 0.947 bits per heavy atom. The number of carbonyl (C=O) groups excluding carboxylic acids is 1. The molecule has 0 saturated carbocycles. The summed E-state index contributed by atoms with van der Waals surface area (Å²) in [6, 6.07) is 14.4. The van der Waals surface area contributed by atoms with Crippen molar-refractivity contribution >= 4 is 27.5 Å². The van der Waals surface area contributed by atoms with E-state index in [2.05, 4.69) is 24.3 Å². The highest BCUT2D eigenvalue weighted by molar-refractivity contribution is 6.08. The van der Waals surface area contributed by atoms with Gasteiger partial charge in [-0.1, -0.05) is 36.4 Å². The average molecular weight is 247 g/mol. The van der Waals surface area contributed by atoms with Crippen LogP contribution in [0.1, 0.15) is 28.9 Å². The summed E-state index contributed by atoms with van der Waals surface area (Å²) >= 11 is 0. The molecule has 92 valence electrons. The molecule has 1 aliphatic rings. The lowest BCUT2D eigenvalue weighted by Crippen LogP contribution is -2.12. The van der Waals surface area contributed by atoms with E-state index in [4.69, 9.17) is 4.98 Å². The van der Waals surface area contributed by atoms with Gasteiger partial charge in [-0.2, -0.15) is 0 Å². The zero-order valence-electron chi connectivity index (χ0n) is 10.5. The van der Waals surface area contributed by atoms with Crippen molar-refractivity contribution in [3.05, 3.63) is 53.7 Å². The number of fused-ring (bicyclic) bond motifs is 4. The van der Waals surface area contributed by atoms with Crippen LogP contribution >= 0.6 is 0 Å². The summed E-state index contributed by atoms with van der Waals surface area (Å²) in [5.41, 5.74) is 2.82. The van der Waals surface area contributed by atoms with Crippen LogP contribution in [-0.2, 0) is 6.42 Å². The molecule has 2 nitrogen and oxygen atoms in total. The zero-order valence-corrected chi connectivity index (χ0v) is 10.5. The quantitative estimate of drug-likeness (QED) is 0.564. The first-order valence-corrected chi connectivity index (χ1v) is 6.67. The number of hydrogen-bond acceptors (Lipinski definition) is 2. The van der Waals surface area contributed by atoms with Gasteiger partial charge in [-0.25, -0.2) is 0 Å². The van der Waals surface area contributed by atoms with Crippen molar-refractivity contribution in [3.8, 4) is 0 Å². The number of Topliss-reactive ketones (excluding diaryl/α,β-unsaturated/α-hetero) is 1. The fourth-order valence-corrected chi connectivity index (χ4v) is 2.93.